The molecule has 0 radical (unpaired) electrons. The first-order valence-corrected chi connectivity index (χ1v) is 11.8. The zero-order valence-corrected chi connectivity index (χ0v) is 19.9. The van der Waals surface area contributed by atoms with Gasteiger partial charge in [-0.3, -0.25) is 9.59 Å². The molecule has 1 saturated carbocycles. The molecule has 3 N–H and O–H groups in total. The highest BCUT2D eigenvalue weighted by Gasteiger charge is 2.37. The van der Waals surface area contributed by atoms with Gasteiger partial charge in [-0.15, -0.1) is 0 Å². The zero-order chi connectivity index (χ0) is 23.4. The van der Waals surface area contributed by atoms with Crippen LogP contribution >= 0.6 is 11.6 Å². The molecule has 0 heterocycles. The molecule has 8 nitrogen and oxygen atoms in total. The molecule has 1 fully saturated rings. The predicted molar refractivity (Wildman–Crippen MR) is 123 cm³/mol. The molecule has 3 rings (SSSR count). The molecule has 0 spiro atoms. The summed E-state index contributed by atoms with van der Waals surface area (Å²) >= 11 is 6.03. The van der Waals surface area contributed by atoms with Crippen molar-refractivity contribution in [1.82, 2.24) is 4.31 Å². The molecular weight excluding hydrogens is 442 g/mol. The van der Waals surface area contributed by atoms with Crippen LogP contribution in [0.1, 0.15) is 46.5 Å². The van der Waals surface area contributed by atoms with Gasteiger partial charge in [0, 0.05) is 19.6 Å². The maximum atomic E-state index is 12.5. The largest absolute Gasteiger partial charge is 0.504 e. The molecule has 0 bridgehead atoms. The van der Waals surface area contributed by atoms with Crippen LogP contribution in [0.15, 0.2) is 26.6 Å². The molecule has 31 heavy (non-hydrogen) atoms. The molecule has 0 saturated heterocycles. The minimum absolute atomic E-state index is 0.00174. The molecule has 0 aliphatic heterocycles. The number of nitrogens with one attached hydrogen (secondary N) is 2. The average Bonchev–Trinajstić information content (AvgIpc) is 2.68. The number of nitrogens with zero attached hydrogens (tertiary/aromatic N) is 1. The quantitative estimate of drug-likeness (QED) is 0.438. The Labute approximate surface area is 187 Å². The van der Waals surface area contributed by atoms with Crippen molar-refractivity contribution in [1.29, 1.82) is 0 Å². The summed E-state index contributed by atoms with van der Waals surface area (Å²) in [5.74, 6) is -0.620. The third-order valence-corrected chi connectivity index (χ3v) is 8.44. The summed E-state index contributed by atoms with van der Waals surface area (Å²) in [6.45, 7) is 6.43. The molecule has 2 aromatic rings. The smallest absolute Gasteiger partial charge is 0.253 e. The van der Waals surface area contributed by atoms with Crippen molar-refractivity contribution in [3.05, 3.63) is 37.6 Å². The zero-order valence-electron chi connectivity index (χ0n) is 18.3. The van der Waals surface area contributed by atoms with E-state index in [0.717, 1.165) is 30.0 Å². The third kappa shape index (κ3) is 4.31. The lowest BCUT2D eigenvalue weighted by molar-refractivity contribution is 0.188. The number of hydrogen-bond acceptors (Lipinski definition) is 7. The fourth-order valence-corrected chi connectivity index (χ4v) is 5.22. The number of benzene rings is 1. The molecular formula is C21H28ClN3O5S. The van der Waals surface area contributed by atoms with Crippen molar-refractivity contribution >= 4 is 38.7 Å². The second-order valence-corrected chi connectivity index (χ2v) is 11.9. The Balaban J connectivity index is 1.93. The fraction of sp³-hybridized carbons (Fsp3) is 0.524. The molecule has 0 aromatic heterocycles. The Morgan fingerprint density at radius 2 is 1.55 bits per heavy atom. The van der Waals surface area contributed by atoms with Gasteiger partial charge in [0.25, 0.3) is 10.9 Å². The molecule has 1 aliphatic carbocycles. The van der Waals surface area contributed by atoms with Gasteiger partial charge in [-0.25, -0.2) is 12.7 Å². The van der Waals surface area contributed by atoms with Crippen LogP contribution in [-0.4, -0.2) is 37.5 Å². The minimum atomic E-state index is -4.04. The highest BCUT2D eigenvalue weighted by Crippen LogP contribution is 2.43. The van der Waals surface area contributed by atoms with Gasteiger partial charge < -0.3 is 15.7 Å². The fourth-order valence-electron chi connectivity index (χ4n) is 3.75. The first kappa shape index (κ1) is 23.6. The molecule has 0 amide bonds. The topological polar surface area (TPSA) is 116 Å². The summed E-state index contributed by atoms with van der Waals surface area (Å²) in [5, 5.41) is 16.4. The number of sulfonamides is 1. The van der Waals surface area contributed by atoms with E-state index in [1.165, 1.54) is 26.2 Å². The monoisotopic (exact) mass is 469 g/mol. The Bertz CT molecular complexity index is 1190. The number of hydrogen-bond donors (Lipinski definition) is 3. The predicted octanol–water partition coefficient (Wildman–Crippen LogP) is 3.41. The highest BCUT2D eigenvalue weighted by molar-refractivity contribution is 7.89. The van der Waals surface area contributed by atoms with E-state index in [1.807, 2.05) is 6.92 Å². The number of halogens is 1. The Kier molecular flexibility index (Phi) is 5.92. The molecule has 170 valence electrons. The lowest BCUT2D eigenvalue weighted by atomic mass is 9.70. The van der Waals surface area contributed by atoms with Crippen LogP contribution in [0.5, 0.6) is 5.75 Å². The van der Waals surface area contributed by atoms with E-state index in [0.29, 0.717) is 0 Å². The molecule has 0 unspecified atom stereocenters. The van der Waals surface area contributed by atoms with Crippen LogP contribution < -0.4 is 21.5 Å². The van der Waals surface area contributed by atoms with E-state index in [9.17, 15) is 23.1 Å². The van der Waals surface area contributed by atoms with Crippen molar-refractivity contribution in [3.8, 4) is 5.75 Å². The summed E-state index contributed by atoms with van der Waals surface area (Å²) < 4.78 is 26.0. The Morgan fingerprint density at radius 1 is 1.00 bits per heavy atom. The van der Waals surface area contributed by atoms with Crippen molar-refractivity contribution in [2.75, 3.05) is 24.7 Å². The highest BCUT2D eigenvalue weighted by atomic mass is 35.5. The van der Waals surface area contributed by atoms with Crippen LogP contribution in [0.2, 0.25) is 5.02 Å². The third-order valence-electron chi connectivity index (χ3n) is 6.13. The number of rotatable bonds is 6. The summed E-state index contributed by atoms with van der Waals surface area (Å²) in [7, 11) is -1.41. The number of phenolic OH excluding ortho intramolecular Hbond substituents is 1. The van der Waals surface area contributed by atoms with E-state index in [4.69, 9.17) is 11.6 Å². The van der Waals surface area contributed by atoms with E-state index >= 15 is 0 Å². The van der Waals surface area contributed by atoms with Crippen molar-refractivity contribution in [2.45, 2.75) is 56.9 Å². The molecule has 10 heteroatoms. The van der Waals surface area contributed by atoms with E-state index in [2.05, 4.69) is 24.5 Å². The van der Waals surface area contributed by atoms with Crippen molar-refractivity contribution in [3.63, 3.8) is 0 Å². The normalized spacial score (nSPS) is 18.3. The summed E-state index contributed by atoms with van der Waals surface area (Å²) in [6, 6.07) is 2.67. The molecule has 0 atom stereocenters. The Morgan fingerprint density at radius 3 is 2.10 bits per heavy atom. The van der Waals surface area contributed by atoms with Gasteiger partial charge in [-0.1, -0.05) is 25.4 Å². The second-order valence-electron chi connectivity index (χ2n) is 9.44. The maximum Gasteiger partial charge on any atom is 0.253 e. The molecule has 1 aliphatic rings. The van der Waals surface area contributed by atoms with Crippen LogP contribution in [0, 0.1) is 5.41 Å². The van der Waals surface area contributed by atoms with Crippen LogP contribution in [-0.2, 0) is 10.0 Å². The first-order valence-electron chi connectivity index (χ1n) is 10.0. The summed E-state index contributed by atoms with van der Waals surface area (Å²) in [6.07, 6.45) is 3.65. The van der Waals surface area contributed by atoms with E-state index in [1.54, 1.807) is 0 Å². The van der Waals surface area contributed by atoms with Gasteiger partial charge >= 0.3 is 0 Å². The molecule has 2 aromatic carbocycles. The van der Waals surface area contributed by atoms with Gasteiger partial charge in [0.1, 0.15) is 16.3 Å². The van der Waals surface area contributed by atoms with Crippen LogP contribution in [0.25, 0.3) is 0 Å². The second kappa shape index (κ2) is 7.79. The van der Waals surface area contributed by atoms with Crippen molar-refractivity contribution in [2.24, 2.45) is 5.41 Å². The van der Waals surface area contributed by atoms with E-state index < -0.39 is 31.5 Å². The van der Waals surface area contributed by atoms with Gasteiger partial charge in [-0.05, 0) is 50.2 Å². The van der Waals surface area contributed by atoms with Crippen LogP contribution in [0.3, 0.4) is 0 Å². The van der Waals surface area contributed by atoms with Gasteiger partial charge in [0.05, 0.1) is 10.7 Å². The standard InChI is InChI=1S/C21H28ClN3O5S/c1-20(2)8-10-21(3,11-9-20)24-15-14(17(27)18(15)28)23-13-7-6-12(22)19(16(13)26)31(29,30)25(4)5/h6-7,23-24,26H,8-11H2,1-5H3. The summed E-state index contributed by atoms with van der Waals surface area (Å²) in [5.41, 5.74) is -1.35. The van der Waals surface area contributed by atoms with Crippen LogP contribution in [0.4, 0.5) is 17.1 Å². The number of anilines is 3. The lowest BCUT2D eigenvalue weighted by Crippen LogP contribution is -2.46. The van der Waals surface area contributed by atoms with Gasteiger partial charge in [-0.2, -0.15) is 0 Å². The first-order chi connectivity index (χ1) is 14.2. The van der Waals surface area contributed by atoms with E-state index in [-0.39, 0.29) is 33.0 Å². The number of phenols is 1. The van der Waals surface area contributed by atoms with Gasteiger partial charge in [0.15, 0.2) is 5.75 Å². The SMILES string of the molecule is CN(C)S(=O)(=O)c1c(Cl)ccc(Nc2c(NC3(C)CCC(C)(C)CC3)c(=O)c2=O)c1O. The Hall–Kier alpha value is -2.10. The summed E-state index contributed by atoms with van der Waals surface area (Å²) in [4.78, 5) is 24.0. The van der Waals surface area contributed by atoms with Crippen molar-refractivity contribution < 1.29 is 13.5 Å². The number of aromatic hydroxyl groups is 1. The lowest BCUT2D eigenvalue weighted by Gasteiger charge is -2.42. The minimum Gasteiger partial charge on any atom is -0.504 e. The van der Waals surface area contributed by atoms with Gasteiger partial charge in [0.2, 0.25) is 10.0 Å². The maximum absolute atomic E-state index is 12.5. The average molecular weight is 470 g/mol.